The van der Waals surface area contributed by atoms with Crippen molar-refractivity contribution in [2.24, 2.45) is 16.8 Å². The number of morpholine rings is 1. The second-order valence-corrected chi connectivity index (χ2v) is 8.69. The van der Waals surface area contributed by atoms with E-state index in [1.807, 2.05) is 0 Å². The molecule has 2 heterocycles. The largest absolute Gasteiger partial charge is 0.497 e. The van der Waals surface area contributed by atoms with E-state index in [0.717, 1.165) is 50.3 Å². The fourth-order valence-corrected chi connectivity index (χ4v) is 6.51. The van der Waals surface area contributed by atoms with Crippen molar-refractivity contribution >= 4 is 5.84 Å². The summed E-state index contributed by atoms with van der Waals surface area (Å²) >= 11 is 0. The van der Waals surface area contributed by atoms with Gasteiger partial charge in [0.1, 0.15) is 5.75 Å². The van der Waals surface area contributed by atoms with Crippen LogP contribution in [0.2, 0.25) is 0 Å². The molecule has 4 atom stereocenters. The zero-order valence-electron chi connectivity index (χ0n) is 16.0. The standard InChI is InChI=1S/C22H30N2O2/c1-21(16-5-7-19(25-2)8-6-16)17-3-4-18(15-17)22(21)10-9-20(23-22)24-11-13-26-14-12-24/h5-8,17-18H,3-4,9-15H2,1-2H3. The number of ether oxygens (including phenoxy) is 2. The molecule has 4 nitrogen and oxygen atoms in total. The molecule has 5 rings (SSSR count). The second kappa shape index (κ2) is 5.98. The van der Waals surface area contributed by atoms with E-state index in [2.05, 4.69) is 36.1 Å². The molecule has 140 valence electrons. The summed E-state index contributed by atoms with van der Waals surface area (Å²) in [5, 5.41) is 0. The smallest absolute Gasteiger partial charge is 0.118 e. The van der Waals surface area contributed by atoms with Crippen molar-refractivity contribution in [3.8, 4) is 5.75 Å². The third kappa shape index (κ3) is 2.14. The Morgan fingerprint density at radius 1 is 1.12 bits per heavy atom. The number of nitrogens with zero attached hydrogens (tertiary/aromatic N) is 2. The molecule has 4 aliphatic rings. The van der Waals surface area contributed by atoms with E-state index >= 15 is 0 Å². The van der Waals surface area contributed by atoms with E-state index in [4.69, 9.17) is 14.5 Å². The van der Waals surface area contributed by atoms with Crippen LogP contribution >= 0.6 is 0 Å². The molecule has 2 bridgehead atoms. The predicted molar refractivity (Wildman–Crippen MR) is 103 cm³/mol. The summed E-state index contributed by atoms with van der Waals surface area (Å²) < 4.78 is 10.9. The van der Waals surface area contributed by atoms with Gasteiger partial charge in [0.15, 0.2) is 0 Å². The topological polar surface area (TPSA) is 34.1 Å². The highest BCUT2D eigenvalue weighted by molar-refractivity contribution is 5.85. The maximum atomic E-state index is 5.55. The van der Waals surface area contributed by atoms with Crippen LogP contribution in [0.4, 0.5) is 0 Å². The van der Waals surface area contributed by atoms with E-state index in [1.54, 1.807) is 7.11 Å². The van der Waals surface area contributed by atoms with Gasteiger partial charge < -0.3 is 14.4 Å². The highest BCUT2D eigenvalue weighted by Crippen LogP contribution is 2.66. The lowest BCUT2D eigenvalue weighted by Crippen LogP contribution is -2.51. The number of amidine groups is 1. The molecule has 0 radical (unpaired) electrons. The van der Waals surface area contributed by atoms with Crippen LogP contribution in [0, 0.1) is 11.8 Å². The Morgan fingerprint density at radius 3 is 2.58 bits per heavy atom. The van der Waals surface area contributed by atoms with Gasteiger partial charge in [-0.1, -0.05) is 19.1 Å². The Labute approximate surface area is 156 Å². The lowest BCUT2D eigenvalue weighted by molar-refractivity contribution is 0.0673. The molecule has 1 spiro atoms. The molecule has 1 aromatic rings. The molecule has 1 aromatic carbocycles. The van der Waals surface area contributed by atoms with Crippen molar-refractivity contribution in [3.05, 3.63) is 29.8 Å². The monoisotopic (exact) mass is 354 g/mol. The number of fused-ring (bicyclic) bond motifs is 3. The summed E-state index contributed by atoms with van der Waals surface area (Å²) in [4.78, 5) is 8.04. The first-order chi connectivity index (χ1) is 12.7. The quantitative estimate of drug-likeness (QED) is 0.813. The SMILES string of the molecule is COc1ccc(C2(C)C3CCC(C3)C23CCC(N2CCOCC2)=N3)cc1. The lowest BCUT2D eigenvalue weighted by atomic mass is 9.58. The molecule has 3 fully saturated rings. The van der Waals surface area contributed by atoms with E-state index in [-0.39, 0.29) is 11.0 Å². The Bertz CT molecular complexity index is 709. The minimum absolute atomic E-state index is 0.0954. The second-order valence-electron chi connectivity index (χ2n) is 8.69. The van der Waals surface area contributed by atoms with Crippen LogP contribution in [-0.4, -0.2) is 49.7 Å². The van der Waals surface area contributed by atoms with Gasteiger partial charge in [0.25, 0.3) is 0 Å². The average Bonchev–Trinajstić information content (AvgIpc) is 3.40. The van der Waals surface area contributed by atoms with Crippen LogP contribution < -0.4 is 4.74 Å². The Kier molecular flexibility index (Phi) is 3.82. The Hall–Kier alpha value is -1.55. The van der Waals surface area contributed by atoms with Crippen LogP contribution in [0.5, 0.6) is 5.75 Å². The number of methoxy groups -OCH3 is 1. The maximum Gasteiger partial charge on any atom is 0.118 e. The van der Waals surface area contributed by atoms with Crippen molar-refractivity contribution < 1.29 is 9.47 Å². The van der Waals surface area contributed by atoms with E-state index in [1.165, 1.54) is 37.1 Å². The van der Waals surface area contributed by atoms with Crippen LogP contribution in [-0.2, 0) is 10.2 Å². The summed E-state index contributed by atoms with van der Waals surface area (Å²) in [7, 11) is 1.74. The third-order valence-electron chi connectivity index (χ3n) is 7.95. The molecule has 0 amide bonds. The summed E-state index contributed by atoms with van der Waals surface area (Å²) in [5.74, 6) is 3.80. The minimum atomic E-state index is 0.0954. The Morgan fingerprint density at radius 2 is 1.85 bits per heavy atom. The van der Waals surface area contributed by atoms with Crippen molar-refractivity contribution in [3.63, 3.8) is 0 Å². The molecule has 1 saturated heterocycles. The van der Waals surface area contributed by atoms with Gasteiger partial charge in [-0.25, -0.2) is 0 Å². The molecule has 0 aromatic heterocycles. The Balaban J connectivity index is 1.54. The molecule has 2 aliphatic carbocycles. The van der Waals surface area contributed by atoms with Crippen LogP contribution in [0.1, 0.15) is 44.6 Å². The molecule has 4 unspecified atom stereocenters. The van der Waals surface area contributed by atoms with Gasteiger partial charge in [0.05, 0.1) is 31.7 Å². The summed E-state index contributed by atoms with van der Waals surface area (Å²) in [5.41, 5.74) is 1.70. The highest BCUT2D eigenvalue weighted by atomic mass is 16.5. The molecule has 0 N–H and O–H groups in total. The van der Waals surface area contributed by atoms with Crippen molar-refractivity contribution in [2.45, 2.75) is 50.0 Å². The molecular formula is C22H30N2O2. The van der Waals surface area contributed by atoms with Crippen molar-refractivity contribution in [2.75, 3.05) is 33.4 Å². The van der Waals surface area contributed by atoms with Crippen LogP contribution in [0.15, 0.2) is 29.3 Å². The number of hydrogen-bond donors (Lipinski definition) is 0. The van der Waals surface area contributed by atoms with Gasteiger partial charge >= 0.3 is 0 Å². The normalized spacial score (nSPS) is 38.8. The van der Waals surface area contributed by atoms with Gasteiger partial charge in [-0.15, -0.1) is 0 Å². The predicted octanol–water partition coefficient (Wildman–Crippen LogP) is 3.65. The average molecular weight is 354 g/mol. The van der Waals surface area contributed by atoms with Gasteiger partial charge in [0, 0.05) is 24.9 Å². The molecule has 2 aliphatic heterocycles. The number of rotatable bonds is 2. The first-order valence-electron chi connectivity index (χ1n) is 10.2. The van der Waals surface area contributed by atoms with Crippen LogP contribution in [0.25, 0.3) is 0 Å². The van der Waals surface area contributed by atoms with Gasteiger partial charge in [-0.05, 0) is 55.2 Å². The fourth-order valence-electron chi connectivity index (χ4n) is 6.51. The maximum absolute atomic E-state index is 5.55. The summed E-state index contributed by atoms with van der Waals surface area (Å²) in [6.45, 7) is 6.19. The van der Waals surface area contributed by atoms with Crippen molar-refractivity contribution in [1.82, 2.24) is 4.90 Å². The van der Waals surface area contributed by atoms with Crippen molar-refractivity contribution in [1.29, 1.82) is 0 Å². The summed E-state index contributed by atoms with van der Waals surface area (Å²) in [6, 6.07) is 8.84. The highest BCUT2D eigenvalue weighted by Gasteiger charge is 2.67. The van der Waals surface area contributed by atoms with Crippen LogP contribution in [0.3, 0.4) is 0 Å². The number of hydrogen-bond acceptors (Lipinski definition) is 4. The first-order valence-corrected chi connectivity index (χ1v) is 10.2. The third-order valence-corrected chi connectivity index (χ3v) is 7.95. The minimum Gasteiger partial charge on any atom is -0.497 e. The fraction of sp³-hybridized carbons (Fsp3) is 0.682. The molecular weight excluding hydrogens is 324 g/mol. The zero-order chi connectivity index (χ0) is 17.8. The number of benzene rings is 1. The lowest BCUT2D eigenvalue weighted by Gasteiger charge is -2.48. The van der Waals surface area contributed by atoms with E-state index in [0.29, 0.717) is 0 Å². The zero-order valence-corrected chi connectivity index (χ0v) is 16.0. The van der Waals surface area contributed by atoms with Gasteiger partial charge in [-0.2, -0.15) is 0 Å². The van der Waals surface area contributed by atoms with E-state index < -0.39 is 0 Å². The first kappa shape index (κ1) is 16.6. The summed E-state index contributed by atoms with van der Waals surface area (Å²) in [6.07, 6.45) is 6.41. The molecule has 2 saturated carbocycles. The number of aliphatic imine (C=N–C) groups is 1. The van der Waals surface area contributed by atoms with Gasteiger partial charge in [-0.3, -0.25) is 4.99 Å². The molecule has 26 heavy (non-hydrogen) atoms. The van der Waals surface area contributed by atoms with Gasteiger partial charge in [0.2, 0.25) is 0 Å². The van der Waals surface area contributed by atoms with E-state index in [9.17, 15) is 0 Å². The molecule has 4 heteroatoms.